The van der Waals surface area contributed by atoms with Crippen molar-refractivity contribution in [2.45, 2.75) is 12.5 Å². The van der Waals surface area contributed by atoms with Crippen LogP contribution in [0, 0.1) is 0 Å². The number of anilines is 2. The summed E-state index contributed by atoms with van der Waals surface area (Å²) in [4.78, 5) is 4.38. The molecule has 3 aromatic rings. The second kappa shape index (κ2) is 7.40. The Balaban J connectivity index is 1.66. The highest BCUT2D eigenvalue weighted by atomic mass is 35.5. The van der Waals surface area contributed by atoms with Gasteiger partial charge in [0, 0.05) is 52.6 Å². The first-order valence-corrected chi connectivity index (χ1v) is 8.84. The van der Waals surface area contributed by atoms with E-state index < -0.39 is 0 Å². The molecule has 1 aliphatic rings. The molecular formula is C20H19ClN2O3. The van der Waals surface area contributed by atoms with E-state index in [1.54, 1.807) is 13.3 Å². The average Bonchev–Trinajstić information content (AvgIpc) is 3.15. The van der Waals surface area contributed by atoms with Gasteiger partial charge in [-0.3, -0.25) is 4.98 Å². The van der Waals surface area contributed by atoms with Crippen LogP contribution in [0.3, 0.4) is 0 Å². The molecule has 4 rings (SSSR count). The minimum atomic E-state index is 0.0792. The zero-order valence-corrected chi connectivity index (χ0v) is 15.1. The number of methoxy groups -OCH3 is 1. The van der Waals surface area contributed by atoms with Gasteiger partial charge in [-0.15, -0.1) is 0 Å². The van der Waals surface area contributed by atoms with Crippen molar-refractivity contribution >= 4 is 33.9 Å². The molecule has 1 fully saturated rings. The number of halogens is 1. The van der Waals surface area contributed by atoms with Gasteiger partial charge in [0.15, 0.2) is 0 Å². The molecule has 26 heavy (non-hydrogen) atoms. The summed E-state index contributed by atoms with van der Waals surface area (Å²) >= 11 is 6.15. The van der Waals surface area contributed by atoms with Gasteiger partial charge >= 0.3 is 0 Å². The van der Waals surface area contributed by atoms with E-state index in [9.17, 15) is 0 Å². The fourth-order valence-electron chi connectivity index (χ4n) is 3.01. The van der Waals surface area contributed by atoms with Gasteiger partial charge in [0.25, 0.3) is 0 Å². The van der Waals surface area contributed by atoms with Crippen molar-refractivity contribution in [3.63, 3.8) is 0 Å². The number of benzene rings is 2. The van der Waals surface area contributed by atoms with E-state index in [1.807, 2.05) is 42.5 Å². The normalized spacial score (nSPS) is 16.6. The third-order valence-corrected chi connectivity index (χ3v) is 4.52. The number of ether oxygens (including phenoxy) is 3. The third kappa shape index (κ3) is 3.69. The van der Waals surface area contributed by atoms with Crippen LogP contribution in [-0.2, 0) is 4.74 Å². The molecule has 0 amide bonds. The Hall–Kier alpha value is -2.50. The van der Waals surface area contributed by atoms with Crippen LogP contribution in [0.15, 0.2) is 48.7 Å². The second-order valence-corrected chi connectivity index (χ2v) is 6.58. The summed E-state index contributed by atoms with van der Waals surface area (Å²) in [5, 5.41) is 5.05. The molecule has 0 aliphatic carbocycles. The van der Waals surface area contributed by atoms with Gasteiger partial charge in [0.1, 0.15) is 17.6 Å². The Bertz CT molecular complexity index is 926. The zero-order chi connectivity index (χ0) is 17.9. The summed E-state index contributed by atoms with van der Waals surface area (Å²) in [6, 6.07) is 13.3. The van der Waals surface area contributed by atoms with Crippen LogP contribution in [0.2, 0.25) is 5.02 Å². The highest BCUT2D eigenvalue weighted by molar-refractivity contribution is 6.31. The molecule has 5 nitrogen and oxygen atoms in total. The summed E-state index contributed by atoms with van der Waals surface area (Å²) in [6.07, 6.45) is 2.75. The van der Waals surface area contributed by atoms with Crippen LogP contribution in [0.1, 0.15) is 6.42 Å². The van der Waals surface area contributed by atoms with E-state index in [0.29, 0.717) is 11.6 Å². The Morgan fingerprint density at radius 3 is 2.85 bits per heavy atom. The van der Waals surface area contributed by atoms with E-state index in [2.05, 4.69) is 10.3 Å². The predicted octanol–water partition coefficient (Wildman–Crippen LogP) is 4.81. The van der Waals surface area contributed by atoms with Crippen LogP contribution >= 0.6 is 11.6 Å². The SMILES string of the molecule is COc1cc(Nc2ccnc3ccc(Cl)cc23)cc(OC2CCOC2)c1. The van der Waals surface area contributed by atoms with Crippen molar-refractivity contribution in [3.8, 4) is 11.5 Å². The van der Waals surface area contributed by atoms with Gasteiger partial charge in [0.05, 0.1) is 25.8 Å². The van der Waals surface area contributed by atoms with Crippen LogP contribution < -0.4 is 14.8 Å². The topological polar surface area (TPSA) is 52.6 Å². The van der Waals surface area contributed by atoms with Crippen LogP contribution in [0.4, 0.5) is 11.4 Å². The molecule has 1 saturated heterocycles. The minimum Gasteiger partial charge on any atom is -0.497 e. The second-order valence-electron chi connectivity index (χ2n) is 6.15. The third-order valence-electron chi connectivity index (χ3n) is 4.29. The van der Waals surface area contributed by atoms with Gasteiger partial charge < -0.3 is 19.5 Å². The molecule has 134 valence electrons. The highest BCUT2D eigenvalue weighted by Gasteiger charge is 2.18. The molecule has 1 atom stereocenters. The van der Waals surface area contributed by atoms with Crippen LogP contribution in [0.5, 0.6) is 11.5 Å². The lowest BCUT2D eigenvalue weighted by Gasteiger charge is -2.16. The maximum absolute atomic E-state index is 6.15. The van der Waals surface area contributed by atoms with Crippen molar-refractivity contribution in [2.24, 2.45) is 0 Å². The standard InChI is InChI=1S/C20H19ClN2O3/c1-24-16-9-14(10-17(11-16)26-15-5-7-25-12-15)23-20-4-6-22-19-3-2-13(21)8-18(19)20/h2-4,6,8-11,15H,5,7,12H2,1H3,(H,22,23). The molecule has 0 spiro atoms. The van der Waals surface area contributed by atoms with Crippen molar-refractivity contribution in [1.29, 1.82) is 0 Å². The van der Waals surface area contributed by atoms with Crippen LogP contribution in [-0.4, -0.2) is 31.4 Å². The molecule has 1 aliphatic heterocycles. The largest absolute Gasteiger partial charge is 0.497 e. The fraction of sp³-hybridized carbons (Fsp3) is 0.250. The first-order chi connectivity index (χ1) is 12.7. The zero-order valence-electron chi connectivity index (χ0n) is 14.4. The van der Waals surface area contributed by atoms with E-state index in [-0.39, 0.29) is 6.10 Å². The molecular weight excluding hydrogens is 352 g/mol. The summed E-state index contributed by atoms with van der Waals surface area (Å²) in [6.45, 7) is 1.36. The molecule has 0 saturated carbocycles. The highest BCUT2D eigenvalue weighted by Crippen LogP contribution is 2.32. The van der Waals surface area contributed by atoms with Gasteiger partial charge in [0.2, 0.25) is 0 Å². The van der Waals surface area contributed by atoms with E-state index in [4.69, 9.17) is 25.8 Å². The number of fused-ring (bicyclic) bond motifs is 1. The lowest BCUT2D eigenvalue weighted by Crippen LogP contribution is -2.15. The number of aromatic nitrogens is 1. The molecule has 6 heteroatoms. The quantitative estimate of drug-likeness (QED) is 0.698. The van der Waals surface area contributed by atoms with E-state index in [0.717, 1.165) is 46.8 Å². The molecule has 1 unspecified atom stereocenters. The molecule has 2 heterocycles. The maximum Gasteiger partial charge on any atom is 0.125 e. The molecule has 1 aromatic heterocycles. The van der Waals surface area contributed by atoms with E-state index in [1.165, 1.54) is 0 Å². The number of rotatable bonds is 5. The average molecular weight is 371 g/mol. The Labute approximate surface area is 156 Å². The number of hydrogen-bond acceptors (Lipinski definition) is 5. The van der Waals surface area contributed by atoms with Crippen LogP contribution in [0.25, 0.3) is 10.9 Å². The van der Waals surface area contributed by atoms with Gasteiger partial charge in [-0.05, 0) is 24.3 Å². The van der Waals surface area contributed by atoms with Crippen molar-refractivity contribution in [2.75, 3.05) is 25.6 Å². The smallest absolute Gasteiger partial charge is 0.125 e. The van der Waals surface area contributed by atoms with Gasteiger partial charge in [-0.1, -0.05) is 11.6 Å². The number of nitrogens with zero attached hydrogens (tertiary/aromatic N) is 1. The number of nitrogens with one attached hydrogen (secondary N) is 1. The summed E-state index contributed by atoms with van der Waals surface area (Å²) in [5.41, 5.74) is 2.66. The maximum atomic E-state index is 6.15. The fourth-order valence-corrected chi connectivity index (χ4v) is 3.18. The first kappa shape index (κ1) is 16.9. The Kier molecular flexibility index (Phi) is 4.82. The monoisotopic (exact) mass is 370 g/mol. The predicted molar refractivity (Wildman–Crippen MR) is 103 cm³/mol. The lowest BCUT2D eigenvalue weighted by atomic mass is 10.1. The minimum absolute atomic E-state index is 0.0792. The van der Waals surface area contributed by atoms with Crippen molar-refractivity contribution < 1.29 is 14.2 Å². The Morgan fingerprint density at radius 1 is 1.15 bits per heavy atom. The van der Waals surface area contributed by atoms with Crippen molar-refractivity contribution in [3.05, 3.63) is 53.7 Å². The number of pyridine rings is 1. The molecule has 0 bridgehead atoms. The molecule has 1 N–H and O–H groups in total. The summed E-state index contributed by atoms with van der Waals surface area (Å²) in [7, 11) is 1.64. The van der Waals surface area contributed by atoms with E-state index >= 15 is 0 Å². The summed E-state index contributed by atoms with van der Waals surface area (Å²) in [5.74, 6) is 1.47. The molecule has 0 radical (unpaired) electrons. The van der Waals surface area contributed by atoms with Gasteiger partial charge in [-0.25, -0.2) is 0 Å². The number of hydrogen-bond donors (Lipinski definition) is 1. The first-order valence-electron chi connectivity index (χ1n) is 8.46. The van der Waals surface area contributed by atoms with Gasteiger partial charge in [-0.2, -0.15) is 0 Å². The summed E-state index contributed by atoms with van der Waals surface area (Å²) < 4.78 is 16.8. The van der Waals surface area contributed by atoms with Crippen molar-refractivity contribution in [1.82, 2.24) is 4.98 Å². The molecule has 2 aromatic carbocycles. The Morgan fingerprint density at radius 2 is 2.04 bits per heavy atom. The lowest BCUT2D eigenvalue weighted by molar-refractivity contribution is 0.141.